The summed E-state index contributed by atoms with van der Waals surface area (Å²) in [6.07, 6.45) is 6.84. The van der Waals surface area contributed by atoms with Crippen LogP contribution in [0.1, 0.15) is 38.5 Å². The van der Waals surface area contributed by atoms with Gasteiger partial charge in [-0.05, 0) is 50.0 Å². The highest BCUT2D eigenvalue weighted by molar-refractivity contribution is 5.85. The van der Waals surface area contributed by atoms with Crippen LogP contribution in [-0.4, -0.2) is 50.2 Å². The van der Waals surface area contributed by atoms with Crippen LogP contribution >= 0.6 is 12.4 Å². The first kappa shape index (κ1) is 16.1. The third-order valence-corrected chi connectivity index (χ3v) is 5.02. The number of hydrogen-bond donors (Lipinski definition) is 1. The van der Waals surface area contributed by atoms with Crippen molar-refractivity contribution < 1.29 is 9.53 Å². The summed E-state index contributed by atoms with van der Waals surface area (Å²) in [6.45, 7) is 5.68. The van der Waals surface area contributed by atoms with Crippen molar-refractivity contribution in [3.63, 3.8) is 0 Å². The van der Waals surface area contributed by atoms with Crippen LogP contribution < -0.4 is 5.32 Å². The Balaban J connectivity index is 0.00000147. The van der Waals surface area contributed by atoms with Crippen molar-refractivity contribution in [1.82, 2.24) is 10.2 Å². The van der Waals surface area contributed by atoms with Crippen LogP contribution in [-0.2, 0) is 9.53 Å². The zero-order chi connectivity index (χ0) is 13.1. The predicted octanol–water partition coefficient (Wildman–Crippen LogP) is 1.83. The Kier molecular flexibility index (Phi) is 5.70. The summed E-state index contributed by atoms with van der Waals surface area (Å²) in [7, 11) is 0. The molecule has 4 nitrogen and oxygen atoms in total. The number of piperidine rings is 1. The lowest BCUT2D eigenvalue weighted by Gasteiger charge is -2.38. The first-order valence-electron chi connectivity index (χ1n) is 7.84. The number of halogens is 1. The number of carbonyl (C=O) groups excluding carboxylic acids is 1. The molecule has 3 aliphatic rings. The van der Waals surface area contributed by atoms with Gasteiger partial charge in [0.1, 0.15) is 0 Å². The summed E-state index contributed by atoms with van der Waals surface area (Å²) in [5.41, 5.74) is 0.499. The molecule has 0 aromatic rings. The predicted molar refractivity (Wildman–Crippen MR) is 81.1 cm³/mol. The molecule has 1 saturated carbocycles. The second-order valence-corrected chi connectivity index (χ2v) is 6.58. The van der Waals surface area contributed by atoms with Gasteiger partial charge < -0.3 is 15.0 Å². The fraction of sp³-hybridized carbons (Fsp3) is 0.933. The van der Waals surface area contributed by atoms with Crippen LogP contribution in [0.5, 0.6) is 0 Å². The molecule has 0 unspecified atom stereocenters. The lowest BCUT2D eigenvalue weighted by atomic mass is 9.78. The molecule has 0 aromatic heterocycles. The quantitative estimate of drug-likeness (QED) is 0.788. The fourth-order valence-electron chi connectivity index (χ4n) is 3.30. The third-order valence-electron chi connectivity index (χ3n) is 5.02. The van der Waals surface area contributed by atoms with E-state index in [1.165, 1.54) is 32.1 Å². The SMILES string of the molecule is Cl.O=C(CCOCC1CC1)N1CCC2(CCNC2)CC1. The van der Waals surface area contributed by atoms with Crippen molar-refractivity contribution in [1.29, 1.82) is 0 Å². The van der Waals surface area contributed by atoms with Crippen molar-refractivity contribution in [2.24, 2.45) is 11.3 Å². The average Bonchev–Trinajstić information content (AvgIpc) is 3.16. The zero-order valence-electron chi connectivity index (χ0n) is 12.2. The van der Waals surface area contributed by atoms with E-state index in [0.29, 0.717) is 18.4 Å². The van der Waals surface area contributed by atoms with E-state index in [-0.39, 0.29) is 18.3 Å². The molecule has 1 aliphatic carbocycles. The number of rotatable bonds is 5. The van der Waals surface area contributed by atoms with Gasteiger partial charge in [-0.1, -0.05) is 0 Å². The summed E-state index contributed by atoms with van der Waals surface area (Å²) in [5, 5.41) is 3.46. The number of nitrogens with one attached hydrogen (secondary N) is 1. The van der Waals surface area contributed by atoms with E-state index in [4.69, 9.17) is 4.74 Å². The van der Waals surface area contributed by atoms with E-state index in [1.54, 1.807) is 0 Å². The van der Waals surface area contributed by atoms with Crippen molar-refractivity contribution in [2.45, 2.75) is 38.5 Å². The summed E-state index contributed by atoms with van der Waals surface area (Å²) >= 11 is 0. The summed E-state index contributed by atoms with van der Waals surface area (Å²) < 4.78 is 5.55. The molecule has 2 heterocycles. The minimum atomic E-state index is 0. The largest absolute Gasteiger partial charge is 0.381 e. The Morgan fingerprint density at radius 2 is 2.00 bits per heavy atom. The topological polar surface area (TPSA) is 41.6 Å². The maximum Gasteiger partial charge on any atom is 0.224 e. The van der Waals surface area contributed by atoms with E-state index >= 15 is 0 Å². The minimum absolute atomic E-state index is 0. The molecule has 0 bridgehead atoms. The van der Waals surface area contributed by atoms with Crippen LogP contribution in [0.2, 0.25) is 0 Å². The Bertz CT molecular complexity index is 318. The smallest absolute Gasteiger partial charge is 0.224 e. The molecule has 116 valence electrons. The van der Waals surface area contributed by atoms with Gasteiger partial charge in [-0.15, -0.1) is 12.4 Å². The zero-order valence-corrected chi connectivity index (χ0v) is 13.1. The Labute approximate surface area is 128 Å². The van der Waals surface area contributed by atoms with Crippen molar-refractivity contribution >= 4 is 18.3 Å². The van der Waals surface area contributed by atoms with E-state index in [2.05, 4.69) is 5.32 Å². The number of amides is 1. The first-order valence-corrected chi connectivity index (χ1v) is 7.84. The number of ether oxygens (including phenoxy) is 1. The Morgan fingerprint density at radius 3 is 2.60 bits per heavy atom. The molecular formula is C15H27ClN2O2. The fourth-order valence-corrected chi connectivity index (χ4v) is 3.30. The van der Waals surface area contributed by atoms with Crippen molar-refractivity contribution in [3.05, 3.63) is 0 Å². The number of nitrogens with zero attached hydrogens (tertiary/aromatic N) is 1. The van der Waals surface area contributed by atoms with E-state index in [1.807, 2.05) is 4.90 Å². The van der Waals surface area contributed by atoms with Gasteiger partial charge >= 0.3 is 0 Å². The van der Waals surface area contributed by atoms with Gasteiger partial charge in [0.15, 0.2) is 0 Å². The third kappa shape index (κ3) is 4.09. The normalized spacial score (nSPS) is 24.7. The Morgan fingerprint density at radius 1 is 1.25 bits per heavy atom. The van der Waals surface area contributed by atoms with Crippen LogP contribution in [0, 0.1) is 11.3 Å². The second-order valence-electron chi connectivity index (χ2n) is 6.58. The average molecular weight is 303 g/mol. The van der Waals surface area contributed by atoms with E-state index < -0.39 is 0 Å². The van der Waals surface area contributed by atoms with Crippen molar-refractivity contribution in [3.8, 4) is 0 Å². The molecule has 2 saturated heterocycles. The molecule has 3 rings (SSSR count). The highest BCUT2D eigenvalue weighted by atomic mass is 35.5. The maximum absolute atomic E-state index is 12.1. The molecule has 1 N–H and O–H groups in total. The minimum Gasteiger partial charge on any atom is -0.381 e. The second kappa shape index (κ2) is 7.10. The molecule has 3 fully saturated rings. The van der Waals surface area contributed by atoms with Crippen LogP contribution in [0.15, 0.2) is 0 Å². The molecule has 0 aromatic carbocycles. The van der Waals surface area contributed by atoms with Gasteiger partial charge in [-0.2, -0.15) is 0 Å². The highest BCUT2D eigenvalue weighted by Crippen LogP contribution is 2.37. The molecule has 2 aliphatic heterocycles. The summed E-state index contributed by atoms with van der Waals surface area (Å²) in [6, 6.07) is 0. The molecule has 5 heteroatoms. The van der Waals surface area contributed by atoms with Crippen molar-refractivity contribution in [2.75, 3.05) is 39.4 Å². The summed E-state index contributed by atoms with van der Waals surface area (Å²) in [5.74, 6) is 1.08. The summed E-state index contributed by atoms with van der Waals surface area (Å²) in [4.78, 5) is 14.1. The van der Waals surface area contributed by atoms with E-state index in [9.17, 15) is 4.79 Å². The number of likely N-dealkylation sites (tertiary alicyclic amines) is 1. The number of carbonyl (C=O) groups is 1. The molecule has 0 atom stereocenters. The molecule has 20 heavy (non-hydrogen) atoms. The molecule has 1 amide bonds. The first-order chi connectivity index (χ1) is 9.27. The molecule has 1 spiro atoms. The van der Waals surface area contributed by atoms with Gasteiger partial charge in [0.2, 0.25) is 5.91 Å². The van der Waals surface area contributed by atoms with E-state index in [0.717, 1.165) is 38.7 Å². The molecule has 0 radical (unpaired) electrons. The van der Waals surface area contributed by atoms with Gasteiger partial charge in [0.25, 0.3) is 0 Å². The van der Waals surface area contributed by atoms with Gasteiger partial charge in [-0.25, -0.2) is 0 Å². The maximum atomic E-state index is 12.1. The van der Waals surface area contributed by atoms with Gasteiger partial charge in [0, 0.05) is 26.2 Å². The van der Waals surface area contributed by atoms with Crippen LogP contribution in [0.4, 0.5) is 0 Å². The number of hydrogen-bond acceptors (Lipinski definition) is 3. The van der Waals surface area contributed by atoms with Crippen LogP contribution in [0.3, 0.4) is 0 Å². The van der Waals surface area contributed by atoms with Gasteiger partial charge in [-0.3, -0.25) is 4.79 Å². The monoisotopic (exact) mass is 302 g/mol. The van der Waals surface area contributed by atoms with Crippen LogP contribution in [0.25, 0.3) is 0 Å². The lowest BCUT2D eigenvalue weighted by Crippen LogP contribution is -2.44. The standard InChI is InChI=1S/C15H26N2O2.ClH/c18-14(3-10-19-11-13-1-2-13)17-8-5-15(6-9-17)4-7-16-12-15;/h13,16H,1-12H2;1H. The highest BCUT2D eigenvalue weighted by Gasteiger charge is 2.37. The Hall–Kier alpha value is -0.320. The lowest BCUT2D eigenvalue weighted by molar-refractivity contribution is -0.134. The molecular weight excluding hydrogens is 276 g/mol. The van der Waals surface area contributed by atoms with Gasteiger partial charge in [0.05, 0.1) is 13.0 Å².